The second kappa shape index (κ2) is 7.39. The number of hydrogen-bond acceptors (Lipinski definition) is 2. The Labute approximate surface area is 133 Å². The maximum atomic E-state index is 6.38. The van der Waals surface area contributed by atoms with Gasteiger partial charge in [0, 0.05) is 6.54 Å². The van der Waals surface area contributed by atoms with Crippen LogP contribution in [0.2, 0.25) is 0 Å². The van der Waals surface area contributed by atoms with E-state index in [-0.39, 0.29) is 12.1 Å². The minimum absolute atomic E-state index is 0.123. The summed E-state index contributed by atoms with van der Waals surface area (Å²) >= 11 is 0. The van der Waals surface area contributed by atoms with Crippen molar-refractivity contribution in [2.75, 3.05) is 6.54 Å². The largest absolute Gasteiger partial charge is 0.290 e. The van der Waals surface area contributed by atoms with Gasteiger partial charge in [0.2, 0.25) is 0 Å². The molecule has 0 bridgehead atoms. The molecule has 2 nitrogen and oxygen atoms in total. The highest BCUT2D eigenvalue weighted by atomic mass is 16.7. The van der Waals surface area contributed by atoms with Gasteiger partial charge in [0.15, 0.2) is 0 Å². The maximum absolute atomic E-state index is 6.38. The third-order valence-electron chi connectivity index (χ3n) is 4.04. The van der Waals surface area contributed by atoms with Gasteiger partial charge in [0.1, 0.15) is 6.10 Å². The summed E-state index contributed by atoms with van der Waals surface area (Å²) in [6.07, 6.45) is 6.67. The molecule has 0 N–H and O–H groups in total. The average Bonchev–Trinajstić information content (AvgIpc) is 3.04. The molecule has 3 rings (SSSR count). The molecule has 0 amide bonds. The lowest BCUT2D eigenvalue weighted by molar-refractivity contribution is -0.208. The Morgan fingerprint density at radius 1 is 1.05 bits per heavy atom. The van der Waals surface area contributed by atoms with Crippen LogP contribution in [0.15, 0.2) is 72.8 Å². The van der Waals surface area contributed by atoms with Gasteiger partial charge in [0.25, 0.3) is 0 Å². The molecule has 2 aromatic carbocycles. The number of nitrogens with zero attached hydrogens (tertiary/aromatic N) is 1. The number of hydrogen-bond donors (Lipinski definition) is 0. The summed E-state index contributed by atoms with van der Waals surface area (Å²) < 4.78 is 0. The lowest BCUT2D eigenvalue weighted by Crippen LogP contribution is -2.26. The van der Waals surface area contributed by atoms with Crippen LogP contribution in [-0.4, -0.2) is 11.6 Å². The molecule has 2 heteroatoms. The third kappa shape index (κ3) is 3.46. The van der Waals surface area contributed by atoms with Crippen molar-refractivity contribution in [3.8, 4) is 0 Å². The van der Waals surface area contributed by atoms with E-state index in [2.05, 4.69) is 84.8 Å². The summed E-state index contributed by atoms with van der Waals surface area (Å²) in [5, 5.41) is 2.10. The topological polar surface area (TPSA) is 12.5 Å². The molecule has 0 fully saturated rings. The minimum Gasteiger partial charge on any atom is -0.290 e. The van der Waals surface area contributed by atoms with Crippen LogP contribution in [0.4, 0.5) is 0 Å². The fourth-order valence-corrected chi connectivity index (χ4v) is 2.91. The minimum atomic E-state index is 0.123. The molecular weight excluding hydrogens is 270 g/mol. The first-order valence-corrected chi connectivity index (χ1v) is 8.08. The van der Waals surface area contributed by atoms with Crippen LogP contribution in [-0.2, 0) is 4.84 Å². The predicted octanol–water partition coefficient (Wildman–Crippen LogP) is 5.07. The van der Waals surface area contributed by atoms with Gasteiger partial charge < -0.3 is 0 Å². The Morgan fingerprint density at radius 3 is 2.41 bits per heavy atom. The summed E-state index contributed by atoms with van der Waals surface area (Å²) in [5.41, 5.74) is 2.53. The quantitative estimate of drug-likeness (QED) is 0.689. The van der Waals surface area contributed by atoms with Gasteiger partial charge in [-0.25, -0.2) is 0 Å². The number of hydroxylamine groups is 2. The van der Waals surface area contributed by atoms with Gasteiger partial charge in [-0.2, -0.15) is 5.06 Å². The Bertz CT molecular complexity index is 594. The highest BCUT2D eigenvalue weighted by Crippen LogP contribution is 2.32. The molecule has 1 aliphatic heterocycles. The molecule has 1 aliphatic rings. The van der Waals surface area contributed by atoms with Crippen LogP contribution >= 0.6 is 0 Å². The van der Waals surface area contributed by atoms with Crippen LogP contribution in [0.1, 0.15) is 43.0 Å². The fourth-order valence-electron chi connectivity index (χ4n) is 2.91. The van der Waals surface area contributed by atoms with Crippen molar-refractivity contribution < 1.29 is 4.84 Å². The van der Waals surface area contributed by atoms with E-state index in [4.69, 9.17) is 4.84 Å². The maximum Gasteiger partial charge on any atom is 0.104 e. The van der Waals surface area contributed by atoms with Crippen LogP contribution in [0.25, 0.3) is 0 Å². The van der Waals surface area contributed by atoms with Crippen molar-refractivity contribution in [1.29, 1.82) is 0 Å². The molecular formula is C20H23NO. The zero-order chi connectivity index (χ0) is 15.2. The highest BCUT2D eigenvalue weighted by molar-refractivity contribution is 5.25. The summed E-state index contributed by atoms with van der Waals surface area (Å²) in [6, 6.07) is 21.3. The Hall–Kier alpha value is -1.90. The highest BCUT2D eigenvalue weighted by Gasteiger charge is 2.25. The Kier molecular flexibility index (Phi) is 5.04. The van der Waals surface area contributed by atoms with E-state index in [1.807, 2.05) is 0 Å². The van der Waals surface area contributed by atoms with Crippen LogP contribution in [0.3, 0.4) is 0 Å². The van der Waals surface area contributed by atoms with Crippen molar-refractivity contribution in [2.24, 2.45) is 0 Å². The molecule has 2 atom stereocenters. The van der Waals surface area contributed by atoms with Gasteiger partial charge in [-0.3, -0.25) is 4.84 Å². The first kappa shape index (κ1) is 15.0. The lowest BCUT2D eigenvalue weighted by atomic mass is 10.1. The average molecular weight is 293 g/mol. The van der Waals surface area contributed by atoms with Crippen molar-refractivity contribution in [3.05, 3.63) is 83.9 Å². The van der Waals surface area contributed by atoms with E-state index in [0.29, 0.717) is 0 Å². The normalized spacial score (nSPS) is 19.4. The fraction of sp³-hybridized carbons (Fsp3) is 0.300. The van der Waals surface area contributed by atoms with Gasteiger partial charge in [-0.15, -0.1) is 0 Å². The van der Waals surface area contributed by atoms with Gasteiger partial charge in [-0.1, -0.05) is 86.2 Å². The molecule has 2 aromatic rings. The van der Waals surface area contributed by atoms with Crippen molar-refractivity contribution in [3.63, 3.8) is 0 Å². The summed E-state index contributed by atoms with van der Waals surface area (Å²) in [6.45, 7) is 3.04. The van der Waals surface area contributed by atoms with Crippen molar-refractivity contribution >= 4 is 0 Å². The zero-order valence-electron chi connectivity index (χ0n) is 13.1. The van der Waals surface area contributed by atoms with Crippen molar-refractivity contribution in [1.82, 2.24) is 5.06 Å². The van der Waals surface area contributed by atoms with Gasteiger partial charge in [-0.05, 0) is 17.5 Å². The molecule has 0 unspecified atom stereocenters. The van der Waals surface area contributed by atoms with Crippen LogP contribution < -0.4 is 0 Å². The zero-order valence-corrected chi connectivity index (χ0v) is 13.1. The summed E-state index contributed by atoms with van der Waals surface area (Å²) in [4.78, 5) is 6.38. The molecule has 114 valence electrons. The molecule has 22 heavy (non-hydrogen) atoms. The predicted molar refractivity (Wildman–Crippen MR) is 90.2 cm³/mol. The second-order valence-electron chi connectivity index (χ2n) is 5.68. The molecule has 0 saturated heterocycles. The molecule has 0 spiro atoms. The lowest BCUT2D eigenvalue weighted by Gasteiger charge is -2.29. The standard InChI is InChI=1S/C20H23NO/c1-2-10-20(18-13-7-4-8-14-18)22-21-16-9-15-19(21)17-11-5-3-6-12-17/h3-9,11-15,19-20H,2,10,16H2,1H3/t19-,20-/m0/s1. The van der Waals surface area contributed by atoms with E-state index in [1.54, 1.807) is 0 Å². The van der Waals surface area contributed by atoms with E-state index >= 15 is 0 Å². The Morgan fingerprint density at radius 2 is 1.73 bits per heavy atom. The molecule has 0 aromatic heterocycles. The summed E-state index contributed by atoms with van der Waals surface area (Å²) in [7, 11) is 0. The summed E-state index contributed by atoms with van der Waals surface area (Å²) in [5.74, 6) is 0. The van der Waals surface area contributed by atoms with E-state index in [0.717, 1.165) is 19.4 Å². The molecule has 0 aliphatic carbocycles. The van der Waals surface area contributed by atoms with Crippen LogP contribution in [0, 0.1) is 0 Å². The van der Waals surface area contributed by atoms with E-state index in [1.165, 1.54) is 11.1 Å². The molecule has 0 saturated carbocycles. The second-order valence-corrected chi connectivity index (χ2v) is 5.68. The van der Waals surface area contributed by atoms with Crippen LogP contribution in [0.5, 0.6) is 0 Å². The first-order valence-electron chi connectivity index (χ1n) is 8.08. The number of rotatable bonds is 6. The Balaban J connectivity index is 1.75. The molecule has 1 heterocycles. The third-order valence-corrected chi connectivity index (χ3v) is 4.04. The number of benzene rings is 2. The van der Waals surface area contributed by atoms with E-state index < -0.39 is 0 Å². The first-order chi connectivity index (χ1) is 10.9. The molecule has 0 radical (unpaired) electrons. The monoisotopic (exact) mass is 293 g/mol. The van der Waals surface area contributed by atoms with E-state index in [9.17, 15) is 0 Å². The SMILES string of the molecule is CCC[C@H](ON1CC=C[C@H]1c1ccccc1)c1ccccc1. The smallest absolute Gasteiger partial charge is 0.104 e. The van der Waals surface area contributed by atoms with Crippen molar-refractivity contribution in [2.45, 2.75) is 31.9 Å². The van der Waals surface area contributed by atoms with Gasteiger partial charge in [0.05, 0.1) is 6.04 Å². The van der Waals surface area contributed by atoms with Gasteiger partial charge >= 0.3 is 0 Å².